The van der Waals surface area contributed by atoms with Crippen LogP contribution >= 0.6 is 11.3 Å². The Balaban J connectivity index is 1.40. The maximum atomic E-state index is 11.1. The van der Waals surface area contributed by atoms with Gasteiger partial charge < -0.3 is 10.6 Å². The first-order chi connectivity index (χ1) is 15.0. The molecule has 6 nitrogen and oxygen atoms in total. The van der Waals surface area contributed by atoms with Crippen LogP contribution in [-0.4, -0.2) is 20.9 Å². The summed E-state index contributed by atoms with van der Waals surface area (Å²) in [5, 5.41) is 7.12. The van der Waals surface area contributed by atoms with Crippen molar-refractivity contribution in [2.45, 2.75) is 26.7 Å². The monoisotopic (exact) mass is 429 g/mol. The molecule has 0 spiro atoms. The smallest absolute Gasteiger partial charge is 0.221 e. The molecule has 0 unspecified atom stereocenters. The van der Waals surface area contributed by atoms with E-state index in [1.165, 1.54) is 12.5 Å². The second-order valence-corrected chi connectivity index (χ2v) is 8.36. The Labute approximate surface area is 185 Å². The third-order valence-corrected chi connectivity index (χ3v) is 5.71. The molecule has 0 saturated heterocycles. The number of thiazole rings is 1. The van der Waals surface area contributed by atoms with E-state index in [0.29, 0.717) is 0 Å². The molecule has 31 heavy (non-hydrogen) atoms. The minimum absolute atomic E-state index is 0.0638. The van der Waals surface area contributed by atoms with E-state index >= 15 is 0 Å². The van der Waals surface area contributed by atoms with Gasteiger partial charge in [0, 0.05) is 31.4 Å². The van der Waals surface area contributed by atoms with Crippen LogP contribution < -0.4 is 10.6 Å². The molecule has 4 rings (SSSR count). The highest BCUT2D eigenvalue weighted by Crippen LogP contribution is 2.27. The molecule has 0 fully saturated rings. The largest absolute Gasteiger partial charge is 0.326 e. The van der Waals surface area contributed by atoms with Crippen molar-refractivity contribution in [3.05, 3.63) is 83.1 Å². The Hall–Kier alpha value is -3.58. The van der Waals surface area contributed by atoms with Crippen LogP contribution in [0.3, 0.4) is 0 Å². The van der Waals surface area contributed by atoms with Gasteiger partial charge in [0.05, 0.1) is 15.6 Å². The molecule has 0 aliphatic rings. The minimum Gasteiger partial charge on any atom is -0.326 e. The van der Waals surface area contributed by atoms with Gasteiger partial charge in [-0.1, -0.05) is 18.2 Å². The summed E-state index contributed by atoms with van der Waals surface area (Å²) in [5.74, 6) is 1.47. The summed E-state index contributed by atoms with van der Waals surface area (Å²) in [4.78, 5) is 25.8. The zero-order valence-corrected chi connectivity index (χ0v) is 18.2. The van der Waals surface area contributed by atoms with Crippen LogP contribution in [0.25, 0.3) is 10.6 Å². The number of amides is 1. The molecule has 0 aliphatic carbocycles. The Morgan fingerprint density at radius 2 is 1.84 bits per heavy atom. The predicted molar refractivity (Wildman–Crippen MR) is 126 cm³/mol. The zero-order chi connectivity index (χ0) is 21.6. The van der Waals surface area contributed by atoms with Crippen LogP contribution in [0.1, 0.15) is 23.1 Å². The summed E-state index contributed by atoms with van der Waals surface area (Å²) < 4.78 is 0. The summed E-state index contributed by atoms with van der Waals surface area (Å²) in [5.41, 5.74) is 4.06. The van der Waals surface area contributed by atoms with Gasteiger partial charge in [-0.3, -0.25) is 4.79 Å². The fourth-order valence-corrected chi connectivity index (χ4v) is 4.02. The van der Waals surface area contributed by atoms with Gasteiger partial charge >= 0.3 is 0 Å². The molecule has 3 heterocycles. The van der Waals surface area contributed by atoms with Gasteiger partial charge in [-0.25, -0.2) is 15.0 Å². The maximum absolute atomic E-state index is 11.1. The van der Waals surface area contributed by atoms with Gasteiger partial charge in [0.15, 0.2) is 0 Å². The Bertz CT molecular complexity index is 1190. The fraction of sp³-hybridized carbons (Fsp3) is 0.167. The maximum Gasteiger partial charge on any atom is 0.221 e. The summed E-state index contributed by atoms with van der Waals surface area (Å²) >= 11 is 1.66. The quantitative estimate of drug-likeness (QED) is 0.411. The lowest BCUT2D eigenvalue weighted by molar-refractivity contribution is -0.114. The van der Waals surface area contributed by atoms with Crippen LogP contribution in [0.15, 0.2) is 67.0 Å². The van der Waals surface area contributed by atoms with E-state index in [0.717, 1.165) is 51.3 Å². The number of aryl methyl sites for hydroxylation is 3. The van der Waals surface area contributed by atoms with Crippen molar-refractivity contribution in [2.75, 3.05) is 10.6 Å². The van der Waals surface area contributed by atoms with Crippen molar-refractivity contribution in [2.24, 2.45) is 0 Å². The van der Waals surface area contributed by atoms with E-state index < -0.39 is 0 Å². The van der Waals surface area contributed by atoms with Gasteiger partial charge in [-0.05, 0) is 60.9 Å². The lowest BCUT2D eigenvalue weighted by Gasteiger charge is -2.06. The highest BCUT2D eigenvalue weighted by Gasteiger charge is 2.08. The predicted octanol–water partition coefficient (Wildman–Crippen LogP) is 5.40. The summed E-state index contributed by atoms with van der Waals surface area (Å²) in [6, 6.07) is 17.8. The van der Waals surface area contributed by atoms with Crippen molar-refractivity contribution in [3.8, 4) is 10.6 Å². The van der Waals surface area contributed by atoms with E-state index in [1.807, 2.05) is 67.7 Å². The van der Waals surface area contributed by atoms with Crippen molar-refractivity contribution < 1.29 is 4.79 Å². The van der Waals surface area contributed by atoms with Gasteiger partial charge in [0.25, 0.3) is 0 Å². The molecule has 156 valence electrons. The van der Waals surface area contributed by atoms with Gasteiger partial charge in [-0.2, -0.15) is 0 Å². The number of nitrogens with zero attached hydrogens (tertiary/aromatic N) is 3. The first kappa shape index (κ1) is 20.7. The van der Waals surface area contributed by atoms with E-state index in [9.17, 15) is 4.79 Å². The zero-order valence-electron chi connectivity index (χ0n) is 17.4. The number of rotatable bonds is 7. The summed E-state index contributed by atoms with van der Waals surface area (Å²) in [6.45, 7) is 3.54. The first-order valence-electron chi connectivity index (χ1n) is 10.0. The Kier molecular flexibility index (Phi) is 6.33. The van der Waals surface area contributed by atoms with Gasteiger partial charge in [0.2, 0.25) is 5.91 Å². The summed E-state index contributed by atoms with van der Waals surface area (Å²) in [7, 11) is 0. The summed E-state index contributed by atoms with van der Waals surface area (Å²) in [6.07, 6.45) is 5.41. The van der Waals surface area contributed by atoms with E-state index in [4.69, 9.17) is 4.98 Å². The lowest BCUT2D eigenvalue weighted by Crippen LogP contribution is -2.05. The number of benzene rings is 1. The average Bonchev–Trinajstić information content (AvgIpc) is 3.22. The van der Waals surface area contributed by atoms with E-state index in [1.54, 1.807) is 17.5 Å². The fourth-order valence-electron chi connectivity index (χ4n) is 3.13. The highest BCUT2D eigenvalue weighted by atomic mass is 32.1. The normalized spacial score (nSPS) is 10.6. The molecule has 3 aromatic heterocycles. The number of aromatic nitrogens is 3. The molecule has 7 heteroatoms. The molecule has 1 aromatic carbocycles. The molecular weight excluding hydrogens is 406 g/mol. The molecule has 1 amide bonds. The number of hydrogen-bond donors (Lipinski definition) is 2. The second kappa shape index (κ2) is 9.49. The van der Waals surface area contributed by atoms with Crippen LogP contribution in [-0.2, 0) is 17.6 Å². The van der Waals surface area contributed by atoms with Crippen molar-refractivity contribution >= 4 is 34.6 Å². The standard InChI is InChI=1S/C24H23N5OS/c1-16-12-13-25-23(14-16)29-22-5-3-4-20(28-22)21-15-26-24(31-21)11-8-18-6-9-19(10-7-18)27-17(2)30/h3-7,9-10,12-15H,8,11H2,1-2H3,(H,27,30)(H,25,28,29). The lowest BCUT2D eigenvalue weighted by atomic mass is 10.1. The molecular formula is C24H23N5OS. The Morgan fingerprint density at radius 1 is 1.00 bits per heavy atom. The number of nitrogens with one attached hydrogen (secondary N) is 2. The third kappa shape index (κ3) is 5.73. The van der Waals surface area contributed by atoms with Crippen LogP contribution in [0.4, 0.5) is 17.3 Å². The van der Waals surface area contributed by atoms with E-state index in [2.05, 4.69) is 20.6 Å². The second-order valence-electron chi connectivity index (χ2n) is 7.25. The molecule has 0 bridgehead atoms. The van der Waals surface area contributed by atoms with Crippen molar-refractivity contribution in [1.82, 2.24) is 15.0 Å². The average molecular weight is 430 g/mol. The SMILES string of the molecule is CC(=O)Nc1ccc(CCc2ncc(-c3cccc(Nc4cc(C)ccn4)n3)s2)cc1. The van der Waals surface area contributed by atoms with Gasteiger partial charge in [-0.15, -0.1) is 11.3 Å². The number of carbonyl (C=O) groups excluding carboxylic acids is 1. The van der Waals surface area contributed by atoms with Gasteiger partial charge in [0.1, 0.15) is 11.6 Å². The number of anilines is 3. The molecule has 4 aromatic rings. The first-order valence-corrected chi connectivity index (χ1v) is 10.9. The number of hydrogen-bond acceptors (Lipinski definition) is 6. The molecule has 0 aliphatic heterocycles. The molecule has 0 atom stereocenters. The minimum atomic E-state index is -0.0638. The third-order valence-electron chi connectivity index (χ3n) is 4.63. The van der Waals surface area contributed by atoms with Crippen LogP contribution in [0, 0.1) is 6.92 Å². The van der Waals surface area contributed by atoms with Crippen LogP contribution in [0.5, 0.6) is 0 Å². The van der Waals surface area contributed by atoms with Crippen molar-refractivity contribution in [3.63, 3.8) is 0 Å². The van der Waals surface area contributed by atoms with E-state index in [-0.39, 0.29) is 5.91 Å². The van der Waals surface area contributed by atoms with Crippen LogP contribution in [0.2, 0.25) is 0 Å². The molecule has 0 saturated carbocycles. The number of carbonyl (C=O) groups is 1. The highest BCUT2D eigenvalue weighted by molar-refractivity contribution is 7.15. The molecule has 2 N–H and O–H groups in total. The number of pyridine rings is 2. The topological polar surface area (TPSA) is 79.8 Å². The van der Waals surface area contributed by atoms with Crippen molar-refractivity contribution in [1.29, 1.82) is 0 Å². The molecule has 0 radical (unpaired) electrons. The Morgan fingerprint density at radius 3 is 2.61 bits per heavy atom.